The van der Waals surface area contributed by atoms with E-state index in [1.54, 1.807) is 0 Å². The molecular formula is C20H46Cl2N2O. The van der Waals surface area contributed by atoms with Crippen molar-refractivity contribution >= 4 is 24.8 Å². The maximum absolute atomic E-state index is 9.96. The van der Waals surface area contributed by atoms with E-state index in [9.17, 15) is 5.11 Å². The van der Waals surface area contributed by atoms with Gasteiger partial charge in [0.1, 0.15) is 0 Å². The Labute approximate surface area is 169 Å². The van der Waals surface area contributed by atoms with E-state index in [1.165, 1.54) is 77.0 Å². The van der Waals surface area contributed by atoms with Gasteiger partial charge in [-0.15, -0.1) is 24.8 Å². The van der Waals surface area contributed by atoms with Gasteiger partial charge in [0.05, 0.1) is 6.10 Å². The summed E-state index contributed by atoms with van der Waals surface area (Å²) in [6.07, 6.45) is 19.9. The molecule has 0 aromatic carbocycles. The third-order valence-electron chi connectivity index (χ3n) is 4.84. The monoisotopic (exact) mass is 400 g/mol. The van der Waals surface area contributed by atoms with E-state index in [1.807, 2.05) is 0 Å². The van der Waals surface area contributed by atoms with Crippen LogP contribution in [-0.2, 0) is 0 Å². The molecule has 0 saturated carbocycles. The summed E-state index contributed by atoms with van der Waals surface area (Å²) in [5.41, 5.74) is 11.4. The molecule has 0 amide bonds. The van der Waals surface area contributed by atoms with Gasteiger partial charge < -0.3 is 16.6 Å². The highest BCUT2D eigenvalue weighted by Gasteiger charge is 2.13. The molecule has 0 spiro atoms. The Bertz CT molecular complexity index is 234. The van der Waals surface area contributed by atoms with Crippen LogP contribution in [0, 0.1) is 0 Å². The van der Waals surface area contributed by atoms with E-state index >= 15 is 0 Å². The molecular weight excluding hydrogens is 355 g/mol. The first-order valence-corrected chi connectivity index (χ1v) is 10.4. The SMILES string of the molecule is CCCCCCCCCCCCCCC[C@@H](O)[C@@H](N)CCCN.Cl.Cl. The molecule has 0 bridgehead atoms. The van der Waals surface area contributed by atoms with Crippen LogP contribution < -0.4 is 11.5 Å². The van der Waals surface area contributed by atoms with Crippen LogP contribution in [-0.4, -0.2) is 23.8 Å². The lowest BCUT2D eigenvalue weighted by Crippen LogP contribution is -2.35. The van der Waals surface area contributed by atoms with Crippen LogP contribution in [0.2, 0.25) is 0 Å². The number of unbranched alkanes of at least 4 members (excludes halogenated alkanes) is 12. The summed E-state index contributed by atoms with van der Waals surface area (Å²) in [4.78, 5) is 0. The van der Waals surface area contributed by atoms with Crippen molar-refractivity contribution in [3.63, 3.8) is 0 Å². The van der Waals surface area contributed by atoms with Crippen molar-refractivity contribution in [1.29, 1.82) is 0 Å². The largest absolute Gasteiger partial charge is 0.392 e. The molecule has 0 aliphatic rings. The molecule has 0 aliphatic heterocycles. The summed E-state index contributed by atoms with van der Waals surface area (Å²) < 4.78 is 0. The van der Waals surface area contributed by atoms with E-state index in [0.29, 0.717) is 6.54 Å². The Morgan fingerprint density at radius 2 is 1.04 bits per heavy atom. The van der Waals surface area contributed by atoms with Crippen molar-refractivity contribution in [1.82, 2.24) is 0 Å². The number of rotatable bonds is 18. The van der Waals surface area contributed by atoms with Crippen LogP contribution in [0.3, 0.4) is 0 Å². The number of aliphatic hydroxyl groups excluding tert-OH is 1. The lowest BCUT2D eigenvalue weighted by Gasteiger charge is -2.18. The van der Waals surface area contributed by atoms with Gasteiger partial charge >= 0.3 is 0 Å². The second-order valence-electron chi connectivity index (χ2n) is 7.19. The van der Waals surface area contributed by atoms with Crippen LogP contribution in [0.15, 0.2) is 0 Å². The Kier molecular flexibility index (Phi) is 29.5. The molecule has 5 N–H and O–H groups in total. The van der Waals surface area contributed by atoms with E-state index in [4.69, 9.17) is 11.5 Å². The Balaban J connectivity index is -0.00000242. The molecule has 0 heterocycles. The zero-order chi connectivity index (χ0) is 17.2. The van der Waals surface area contributed by atoms with Crippen LogP contribution in [0.4, 0.5) is 0 Å². The summed E-state index contributed by atoms with van der Waals surface area (Å²) >= 11 is 0. The molecule has 25 heavy (non-hydrogen) atoms. The van der Waals surface area contributed by atoms with Crippen LogP contribution in [0.25, 0.3) is 0 Å². The molecule has 0 aromatic rings. The summed E-state index contributed by atoms with van der Waals surface area (Å²) in [6, 6.07) is -0.0872. The molecule has 5 heteroatoms. The first-order valence-electron chi connectivity index (χ1n) is 10.4. The summed E-state index contributed by atoms with van der Waals surface area (Å²) in [5, 5.41) is 9.96. The van der Waals surface area contributed by atoms with E-state index in [2.05, 4.69) is 6.92 Å². The second-order valence-corrected chi connectivity index (χ2v) is 7.19. The number of hydrogen-bond donors (Lipinski definition) is 3. The Morgan fingerprint density at radius 1 is 0.640 bits per heavy atom. The van der Waals surface area contributed by atoms with Gasteiger partial charge in [0, 0.05) is 6.04 Å². The summed E-state index contributed by atoms with van der Waals surface area (Å²) in [7, 11) is 0. The van der Waals surface area contributed by atoms with Gasteiger partial charge in [0.25, 0.3) is 0 Å². The number of halogens is 2. The molecule has 0 unspecified atom stereocenters. The third-order valence-corrected chi connectivity index (χ3v) is 4.84. The average molecular weight is 402 g/mol. The standard InChI is InChI=1S/C20H44N2O.2ClH/c1-2-3-4-5-6-7-8-9-10-11-12-13-14-17-20(23)19(22)16-15-18-21;;/h19-20,23H,2-18,21-22H2,1H3;2*1H/t19-,20+;;/m0../s1. The number of aliphatic hydroxyl groups is 1. The molecule has 156 valence electrons. The topological polar surface area (TPSA) is 72.3 Å². The molecule has 0 saturated heterocycles. The van der Waals surface area contributed by atoms with Gasteiger partial charge in [0.2, 0.25) is 0 Å². The minimum absolute atomic E-state index is 0. The Morgan fingerprint density at radius 3 is 1.44 bits per heavy atom. The second kappa shape index (κ2) is 24.5. The van der Waals surface area contributed by atoms with Crippen molar-refractivity contribution in [2.45, 2.75) is 122 Å². The quantitative estimate of drug-likeness (QED) is 0.257. The van der Waals surface area contributed by atoms with Crippen LogP contribution >= 0.6 is 24.8 Å². The minimum atomic E-state index is -0.339. The van der Waals surface area contributed by atoms with E-state index in [0.717, 1.165) is 25.7 Å². The first kappa shape index (κ1) is 30.2. The van der Waals surface area contributed by atoms with Gasteiger partial charge in [-0.3, -0.25) is 0 Å². The van der Waals surface area contributed by atoms with Gasteiger partial charge in [-0.2, -0.15) is 0 Å². The fourth-order valence-corrected chi connectivity index (χ4v) is 3.13. The highest BCUT2D eigenvalue weighted by atomic mass is 35.5. The van der Waals surface area contributed by atoms with Crippen molar-refractivity contribution in [2.75, 3.05) is 6.54 Å². The van der Waals surface area contributed by atoms with Crippen LogP contribution in [0.5, 0.6) is 0 Å². The fourth-order valence-electron chi connectivity index (χ4n) is 3.13. The molecule has 0 rings (SSSR count). The number of hydrogen-bond acceptors (Lipinski definition) is 3. The van der Waals surface area contributed by atoms with Crippen molar-refractivity contribution in [3.05, 3.63) is 0 Å². The molecule has 0 radical (unpaired) electrons. The lowest BCUT2D eigenvalue weighted by molar-refractivity contribution is 0.127. The van der Waals surface area contributed by atoms with Crippen molar-refractivity contribution in [3.8, 4) is 0 Å². The molecule has 0 aliphatic carbocycles. The molecule has 0 aromatic heterocycles. The highest BCUT2D eigenvalue weighted by molar-refractivity contribution is 5.85. The van der Waals surface area contributed by atoms with Crippen molar-refractivity contribution < 1.29 is 5.11 Å². The zero-order valence-corrected chi connectivity index (χ0v) is 18.2. The minimum Gasteiger partial charge on any atom is -0.392 e. The van der Waals surface area contributed by atoms with Crippen molar-refractivity contribution in [2.24, 2.45) is 11.5 Å². The van der Waals surface area contributed by atoms with E-state index < -0.39 is 0 Å². The highest BCUT2D eigenvalue weighted by Crippen LogP contribution is 2.14. The maximum atomic E-state index is 9.96. The predicted octanol–water partition coefficient (Wildman–Crippen LogP) is 5.74. The van der Waals surface area contributed by atoms with Gasteiger partial charge in [0.15, 0.2) is 0 Å². The Hall–Kier alpha value is 0.460. The molecule has 0 fully saturated rings. The van der Waals surface area contributed by atoms with E-state index in [-0.39, 0.29) is 37.0 Å². The fraction of sp³-hybridized carbons (Fsp3) is 1.00. The third kappa shape index (κ3) is 22.4. The smallest absolute Gasteiger partial charge is 0.0691 e. The summed E-state index contributed by atoms with van der Waals surface area (Å²) in [5.74, 6) is 0. The van der Waals surface area contributed by atoms with Gasteiger partial charge in [-0.05, 0) is 25.8 Å². The van der Waals surface area contributed by atoms with Crippen LogP contribution in [0.1, 0.15) is 110 Å². The maximum Gasteiger partial charge on any atom is 0.0691 e. The van der Waals surface area contributed by atoms with Gasteiger partial charge in [-0.25, -0.2) is 0 Å². The molecule has 3 nitrogen and oxygen atoms in total. The average Bonchev–Trinajstić information content (AvgIpc) is 2.56. The summed E-state index contributed by atoms with van der Waals surface area (Å²) in [6.45, 7) is 2.94. The molecule has 2 atom stereocenters. The predicted molar refractivity (Wildman–Crippen MR) is 117 cm³/mol. The zero-order valence-electron chi connectivity index (χ0n) is 16.6. The lowest BCUT2D eigenvalue weighted by atomic mass is 9.99. The first-order chi connectivity index (χ1) is 11.2. The van der Waals surface area contributed by atoms with Gasteiger partial charge in [-0.1, -0.05) is 90.4 Å². The normalized spacial score (nSPS) is 13.0. The number of nitrogens with two attached hydrogens (primary N) is 2.